The Bertz CT molecular complexity index is 537. The fraction of sp³-hybridized carbons (Fsp3) is 0.714. The molecule has 0 aliphatic rings. The van der Waals surface area contributed by atoms with E-state index in [9.17, 15) is 8.42 Å². The molecule has 2 N–H and O–H groups in total. The van der Waals surface area contributed by atoms with E-state index >= 15 is 0 Å². The number of likely N-dealkylation sites (N-methyl/N-ethyl adjacent to an activating group) is 1. The summed E-state index contributed by atoms with van der Waals surface area (Å²) in [7, 11) is 0.412. The molecule has 1 aromatic heterocycles. The third kappa shape index (κ3) is 5.10. The van der Waals surface area contributed by atoms with Crippen LogP contribution in [-0.4, -0.2) is 51.1 Å². The fourth-order valence-electron chi connectivity index (χ4n) is 1.86. The molecule has 0 aliphatic carbocycles. The highest BCUT2D eigenvalue weighted by atomic mass is 32.2. The predicted molar refractivity (Wildman–Crippen MR) is 85.8 cm³/mol. The summed E-state index contributed by atoms with van der Waals surface area (Å²) in [5.74, 6) is 0. The highest BCUT2D eigenvalue weighted by molar-refractivity contribution is 7.89. The molecule has 0 aromatic carbocycles. The minimum atomic E-state index is -3.45. The van der Waals surface area contributed by atoms with Gasteiger partial charge in [0.1, 0.15) is 0 Å². The molecule has 1 unspecified atom stereocenters. The van der Waals surface area contributed by atoms with Crippen molar-refractivity contribution in [3.63, 3.8) is 0 Å². The monoisotopic (exact) mass is 316 g/mol. The topological polar surface area (TPSA) is 66.4 Å². The number of hydrogen-bond acceptors (Lipinski definition) is 4. The van der Waals surface area contributed by atoms with Crippen LogP contribution in [-0.2, 0) is 23.1 Å². The van der Waals surface area contributed by atoms with Crippen molar-refractivity contribution in [1.82, 2.24) is 19.5 Å². The van der Waals surface area contributed by atoms with Crippen molar-refractivity contribution < 1.29 is 8.42 Å². The zero-order valence-corrected chi connectivity index (χ0v) is 14.5. The van der Waals surface area contributed by atoms with Crippen LogP contribution in [0, 0.1) is 0 Å². The second-order valence-corrected chi connectivity index (χ2v) is 7.16. The molecule has 7 heteroatoms. The molecule has 0 saturated carbocycles. The first-order valence-corrected chi connectivity index (χ1v) is 8.86. The molecule has 0 fully saturated rings. The third-order valence-corrected chi connectivity index (χ3v) is 5.01. The molecular formula is C14H28N4O2S. The first-order valence-electron chi connectivity index (χ1n) is 7.37. The maximum Gasteiger partial charge on any atom is 0.242 e. The summed E-state index contributed by atoms with van der Waals surface area (Å²) in [6, 6.07) is 1.89. The number of rotatable bonds is 9. The van der Waals surface area contributed by atoms with Gasteiger partial charge < -0.3 is 14.8 Å². The van der Waals surface area contributed by atoms with E-state index in [4.69, 9.17) is 0 Å². The van der Waals surface area contributed by atoms with Crippen molar-refractivity contribution in [3.05, 3.63) is 18.0 Å². The van der Waals surface area contributed by atoms with Crippen LogP contribution >= 0.6 is 0 Å². The van der Waals surface area contributed by atoms with Gasteiger partial charge in [-0.3, -0.25) is 0 Å². The van der Waals surface area contributed by atoms with Gasteiger partial charge in [-0.1, -0.05) is 6.92 Å². The molecule has 1 rings (SSSR count). The van der Waals surface area contributed by atoms with Gasteiger partial charge >= 0.3 is 0 Å². The SMILES string of the molecule is CCNCc1cc(S(=O)(=O)NCC(C)N(C)C)cn1CC. The average Bonchev–Trinajstić information content (AvgIpc) is 2.86. The van der Waals surface area contributed by atoms with Crippen molar-refractivity contribution in [2.24, 2.45) is 0 Å². The highest BCUT2D eigenvalue weighted by Crippen LogP contribution is 2.14. The highest BCUT2D eigenvalue weighted by Gasteiger charge is 2.19. The number of sulfonamides is 1. The van der Waals surface area contributed by atoms with E-state index in [2.05, 4.69) is 10.0 Å². The van der Waals surface area contributed by atoms with E-state index in [0.717, 1.165) is 18.8 Å². The second-order valence-electron chi connectivity index (χ2n) is 5.40. The van der Waals surface area contributed by atoms with Crippen LogP contribution < -0.4 is 10.0 Å². The van der Waals surface area contributed by atoms with Crippen LogP contribution in [0.5, 0.6) is 0 Å². The van der Waals surface area contributed by atoms with Gasteiger partial charge in [-0.25, -0.2) is 13.1 Å². The van der Waals surface area contributed by atoms with Crippen LogP contribution in [0.1, 0.15) is 26.5 Å². The Hall–Kier alpha value is -0.890. The summed E-state index contributed by atoms with van der Waals surface area (Å²) in [6.07, 6.45) is 1.70. The minimum absolute atomic E-state index is 0.147. The van der Waals surface area contributed by atoms with E-state index < -0.39 is 10.0 Å². The Morgan fingerprint density at radius 2 is 2.00 bits per heavy atom. The van der Waals surface area contributed by atoms with Crippen molar-refractivity contribution in [2.75, 3.05) is 27.2 Å². The first-order chi connectivity index (χ1) is 9.81. The smallest absolute Gasteiger partial charge is 0.242 e. The second kappa shape index (κ2) is 7.93. The van der Waals surface area contributed by atoms with Gasteiger partial charge in [-0.2, -0.15) is 0 Å². The summed E-state index contributed by atoms with van der Waals surface area (Å²) in [5.41, 5.74) is 0.986. The quantitative estimate of drug-likeness (QED) is 0.709. The zero-order chi connectivity index (χ0) is 16.0. The minimum Gasteiger partial charge on any atom is -0.349 e. The summed E-state index contributed by atoms with van der Waals surface area (Å²) >= 11 is 0. The number of hydrogen-bond donors (Lipinski definition) is 2. The third-order valence-electron chi connectivity index (χ3n) is 3.62. The fourth-order valence-corrected chi connectivity index (χ4v) is 3.05. The number of nitrogens with zero attached hydrogens (tertiary/aromatic N) is 2. The molecule has 1 aromatic rings. The van der Waals surface area contributed by atoms with Crippen molar-refractivity contribution in [3.8, 4) is 0 Å². The lowest BCUT2D eigenvalue weighted by molar-refractivity contribution is 0.314. The molecule has 0 amide bonds. The predicted octanol–water partition coefficient (Wildman–Crippen LogP) is 0.846. The van der Waals surface area contributed by atoms with Gasteiger partial charge in [-0.05, 0) is 40.6 Å². The van der Waals surface area contributed by atoms with E-state index in [1.54, 1.807) is 12.3 Å². The molecule has 122 valence electrons. The lowest BCUT2D eigenvalue weighted by atomic mass is 10.3. The van der Waals surface area contributed by atoms with Crippen molar-refractivity contribution in [1.29, 1.82) is 0 Å². The molecule has 0 saturated heterocycles. The van der Waals surface area contributed by atoms with Gasteiger partial charge in [0.15, 0.2) is 0 Å². The summed E-state index contributed by atoms with van der Waals surface area (Å²) < 4.78 is 29.3. The number of aryl methyl sites for hydroxylation is 1. The van der Waals surface area contributed by atoms with Gasteiger partial charge in [0.05, 0.1) is 4.90 Å². The van der Waals surface area contributed by atoms with E-state index in [-0.39, 0.29) is 6.04 Å². The van der Waals surface area contributed by atoms with Gasteiger partial charge in [0.25, 0.3) is 0 Å². The molecule has 6 nitrogen and oxygen atoms in total. The maximum absolute atomic E-state index is 12.4. The molecule has 0 radical (unpaired) electrons. The number of aromatic nitrogens is 1. The summed E-state index contributed by atoms with van der Waals surface area (Å²) in [6.45, 7) is 8.70. The molecule has 1 heterocycles. The normalized spacial score (nSPS) is 13.8. The zero-order valence-electron chi connectivity index (χ0n) is 13.7. The first kappa shape index (κ1) is 18.2. The van der Waals surface area contributed by atoms with E-state index in [0.29, 0.717) is 18.0 Å². The Labute approximate surface area is 128 Å². The van der Waals surface area contributed by atoms with Crippen molar-refractivity contribution >= 4 is 10.0 Å². The summed E-state index contributed by atoms with van der Waals surface area (Å²) in [5, 5.41) is 3.23. The van der Waals surface area contributed by atoms with Crippen LogP contribution in [0.15, 0.2) is 17.2 Å². The van der Waals surface area contributed by atoms with Crippen molar-refractivity contribution in [2.45, 2.75) is 44.8 Å². The van der Waals surface area contributed by atoms with Crippen LogP contribution in [0.3, 0.4) is 0 Å². The Morgan fingerprint density at radius 1 is 1.33 bits per heavy atom. The van der Waals surface area contributed by atoms with Gasteiger partial charge in [0.2, 0.25) is 10.0 Å². The van der Waals surface area contributed by atoms with Gasteiger partial charge in [0, 0.05) is 37.6 Å². The molecule has 0 bridgehead atoms. The maximum atomic E-state index is 12.4. The Balaban J connectivity index is 2.85. The molecule has 1 atom stereocenters. The average molecular weight is 316 g/mol. The standard InChI is InChI=1S/C14H28N4O2S/c1-6-15-10-13-8-14(11-18(13)7-2)21(19,20)16-9-12(3)17(4)5/h8,11-12,15-16H,6-7,9-10H2,1-5H3. The van der Waals surface area contributed by atoms with Crippen LogP contribution in [0.25, 0.3) is 0 Å². The molecular weight excluding hydrogens is 288 g/mol. The van der Waals surface area contributed by atoms with Gasteiger partial charge in [-0.15, -0.1) is 0 Å². The number of nitrogens with one attached hydrogen (secondary N) is 2. The van der Waals surface area contributed by atoms with E-state index in [1.807, 2.05) is 44.3 Å². The Kier molecular flexibility index (Phi) is 6.86. The molecule has 0 spiro atoms. The Morgan fingerprint density at radius 3 is 2.52 bits per heavy atom. The lowest BCUT2D eigenvalue weighted by Crippen LogP contribution is -2.38. The van der Waals surface area contributed by atoms with Crippen LogP contribution in [0.2, 0.25) is 0 Å². The molecule has 0 aliphatic heterocycles. The van der Waals surface area contributed by atoms with Crippen LogP contribution in [0.4, 0.5) is 0 Å². The van der Waals surface area contributed by atoms with E-state index in [1.165, 1.54) is 0 Å². The lowest BCUT2D eigenvalue weighted by Gasteiger charge is -2.19. The molecule has 21 heavy (non-hydrogen) atoms. The summed E-state index contributed by atoms with van der Waals surface area (Å²) in [4.78, 5) is 2.32. The largest absolute Gasteiger partial charge is 0.349 e.